The maximum absolute atomic E-state index is 11.4. The van der Waals surface area contributed by atoms with Gasteiger partial charge in [0.15, 0.2) is 0 Å². The Bertz CT molecular complexity index is 244. The standard InChI is InChI=1S/C11H21NO3/c1-8-7-11(14,5-6-12(8)3)9(2)10(13)15-4/h8-9,14H,5-7H2,1-4H3. The molecular formula is C11H21NO3. The van der Waals surface area contributed by atoms with Crippen molar-refractivity contribution in [3.05, 3.63) is 0 Å². The predicted molar refractivity (Wildman–Crippen MR) is 57.5 cm³/mol. The summed E-state index contributed by atoms with van der Waals surface area (Å²) in [7, 11) is 3.40. The molecule has 0 aromatic carbocycles. The average molecular weight is 215 g/mol. The van der Waals surface area contributed by atoms with E-state index in [1.807, 2.05) is 7.05 Å². The van der Waals surface area contributed by atoms with Crippen molar-refractivity contribution in [1.82, 2.24) is 4.90 Å². The van der Waals surface area contributed by atoms with Crippen LogP contribution in [0.1, 0.15) is 26.7 Å². The van der Waals surface area contributed by atoms with Gasteiger partial charge >= 0.3 is 5.97 Å². The van der Waals surface area contributed by atoms with Crippen molar-refractivity contribution in [1.29, 1.82) is 0 Å². The molecule has 1 aliphatic heterocycles. The van der Waals surface area contributed by atoms with Crippen LogP contribution in [0, 0.1) is 5.92 Å². The van der Waals surface area contributed by atoms with E-state index in [2.05, 4.69) is 16.6 Å². The lowest BCUT2D eigenvalue weighted by Crippen LogP contribution is -2.52. The number of carbonyl (C=O) groups is 1. The third-order valence-corrected chi connectivity index (χ3v) is 3.66. The van der Waals surface area contributed by atoms with E-state index in [1.165, 1.54) is 7.11 Å². The summed E-state index contributed by atoms with van der Waals surface area (Å²) in [6, 6.07) is 0.302. The van der Waals surface area contributed by atoms with Gasteiger partial charge in [0.25, 0.3) is 0 Å². The van der Waals surface area contributed by atoms with Gasteiger partial charge in [-0.3, -0.25) is 4.79 Å². The Balaban J connectivity index is 2.71. The van der Waals surface area contributed by atoms with Gasteiger partial charge in [-0.15, -0.1) is 0 Å². The summed E-state index contributed by atoms with van der Waals surface area (Å²) in [5.74, 6) is -0.770. The number of methoxy groups -OCH3 is 1. The SMILES string of the molecule is COC(=O)C(C)C1(O)CCN(C)C(C)C1. The van der Waals surface area contributed by atoms with E-state index in [0.717, 1.165) is 6.54 Å². The summed E-state index contributed by atoms with van der Waals surface area (Å²) in [6.07, 6.45) is 1.25. The molecule has 0 aliphatic carbocycles. The number of hydrogen-bond acceptors (Lipinski definition) is 4. The van der Waals surface area contributed by atoms with Crippen LogP contribution in [0.3, 0.4) is 0 Å². The molecule has 1 fully saturated rings. The second-order valence-corrected chi connectivity index (χ2v) is 4.63. The highest BCUT2D eigenvalue weighted by molar-refractivity contribution is 5.73. The van der Waals surface area contributed by atoms with Crippen LogP contribution < -0.4 is 0 Å². The highest BCUT2D eigenvalue weighted by atomic mass is 16.5. The Morgan fingerprint density at radius 1 is 1.67 bits per heavy atom. The number of nitrogens with zero attached hydrogens (tertiary/aromatic N) is 1. The van der Waals surface area contributed by atoms with Crippen molar-refractivity contribution >= 4 is 5.97 Å². The van der Waals surface area contributed by atoms with Gasteiger partial charge in [-0.2, -0.15) is 0 Å². The van der Waals surface area contributed by atoms with Crippen molar-refractivity contribution in [2.75, 3.05) is 20.7 Å². The van der Waals surface area contributed by atoms with E-state index >= 15 is 0 Å². The molecule has 0 aromatic heterocycles. The van der Waals surface area contributed by atoms with Gasteiger partial charge in [0.2, 0.25) is 0 Å². The maximum atomic E-state index is 11.4. The minimum Gasteiger partial charge on any atom is -0.469 e. The lowest BCUT2D eigenvalue weighted by atomic mass is 9.78. The normalized spacial score (nSPS) is 34.9. The highest BCUT2D eigenvalue weighted by Gasteiger charge is 2.43. The number of hydrogen-bond donors (Lipinski definition) is 1. The molecule has 0 spiro atoms. The molecule has 1 saturated heterocycles. The van der Waals surface area contributed by atoms with Gasteiger partial charge in [-0.25, -0.2) is 0 Å². The van der Waals surface area contributed by atoms with Crippen LogP contribution >= 0.6 is 0 Å². The molecule has 15 heavy (non-hydrogen) atoms. The molecule has 0 aromatic rings. The lowest BCUT2D eigenvalue weighted by Gasteiger charge is -2.43. The monoisotopic (exact) mass is 215 g/mol. The van der Waals surface area contributed by atoms with Gasteiger partial charge in [0.1, 0.15) is 0 Å². The molecule has 1 rings (SSSR count). The summed E-state index contributed by atoms with van der Waals surface area (Å²) in [5, 5.41) is 10.4. The first-order chi connectivity index (χ1) is 6.90. The average Bonchev–Trinajstić information content (AvgIpc) is 2.22. The second-order valence-electron chi connectivity index (χ2n) is 4.63. The van der Waals surface area contributed by atoms with Crippen molar-refractivity contribution in [3.8, 4) is 0 Å². The molecule has 0 amide bonds. The predicted octanol–water partition coefficient (Wildman–Crippen LogP) is 0.641. The highest BCUT2D eigenvalue weighted by Crippen LogP contribution is 2.33. The smallest absolute Gasteiger partial charge is 0.311 e. The van der Waals surface area contributed by atoms with Crippen LogP contribution in [-0.2, 0) is 9.53 Å². The first-order valence-electron chi connectivity index (χ1n) is 5.41. The van der Waals surface area contributed by atoms with Crippen LogP contribution in [0.15, 0.2) is 0 Å². The molecule has 3 unspecified atom stereocenters. The molecule has 1 aliphatic rings. The number of likely N-dealkylation sites (tertiary alicyclic amines) is 1. The minimum absolute atomic E-state index is 0.302. The fourth-order valence-electron chi connectivity index (χ4n) is 2.15. The van der Waals surface area contributed by atoms with Crippen LogP contribution in [0.2, 0.25) is 0 Å². The molecule has 1 N–H and O–H groups in total. The van der Waals surface area contributed by atoms with Crippen molar-refractivity contribution in [2.45, 2.75) is 38.3 Å². The van der Waals surface area contributed by atoms with E-state index in [4.69, 9.17) is 0 Å². The summed E-state index contributed by atoms with van der Waals surface area (Å²) >= 11 is 0. The van der Waals surface area contributed by atoms with Crippen molar-refractivity contribution in [2.24, 2.45) is 5.92 Å². The maximum Gasteiger partial charge on any atom is 0.311 e. The van der Waals surface area contributed by atoms with Crippen LogP contribution in [0.4, 0.5) is 0 Å². The van der Waals surface area contributed by atoms with E-state index in [-0.39, 0.29) is 5.97 Å². The number of carbonyl (C=O) groups excluding carboxylic acids is 1. The molecular weight excluding hydrogens is 194 g/mol. The molecule has 4 heteroatoms. The first kappa shape index (κ1) is 12.5. The quantitative estimate of drug-likeness (QED) is 0.687. The zero-order valence-corrected chi connectivity index (χ0v) is 9.99. The molecule has 1 heterocycles. The van der Waals surface area contributed by atoms with Crippen LogP contribution in [0.25, 0.3) is 0 Å². The first-order valence-corrected chi connectivity index (χ1v) is 5.41. The molecule has 88 valence electrons. The summed E-state index contributed by atoms with van der Waals surface area (Å²) < 4.78 is 4.68. The number of piperidine rings is 1. The Morgan fingerprint density at radius 3 is 2.73 bits per heavy atom. The zero-order valence-electron chi connectivity index (χ0n) is 9.99. The summed E-state index contributed by atoms with van der Waals surface area (Å²) in [5.41, 5.74) is -0.904. The van der Waals surface area contributed by atoms with Gasteiger partial charge in [-0.05, 0) is 33.7 Å². The van der Waals surface area contributed by atoms with E-state index in [0.29, 0.717) is 18.9 Å². The van der Waals surface area contributed by atoms with Crippen molar-refractivity contribution < 1.29 is 14.6 Å². The second kappa shape index (κ2) is 4.49. The van der Waals surface area contributed by atoms with Gasteiger partial charge < -0.3 is 14.7 Å². The topological polar surface area (TPSA) is 49.8 Å². The van der Waals surface area contributed by atoms with E-state index in [9.17, 15) is 9.90 Å². The molecule has 3 atom stereocenters. The van der Waals surface area contributed by atoms with Crippen LogP contribution in [-0.4, -0.2) is 48.3 Å². The Morgan fingerprint density at radius 2 is 2.27 bits per heavy atom. The van der Waals surface area contributed by atoms with Crippen LogP contribution in [0.5, 0.6) is 0 Å². The van der Waals surface area contributed by atoms with Crippen molar-refractivity contribution in [3.63, 3.8) is 0 Å². The Labute approximate surface area is 91.2 Å². The van der Waals surface area contributed by atoms with E-state index in [1.54, 1.807) is 6.92 Å². The van der Waals surface area contributed by atoms with Gasteiger partial charge in [0.05, 0.1) is 18.6 Å². The fourth-order valence-corrected chi connectivity index (χ4v) is 2.15. The zero-order chi connectivity index (χ0) is 11.6. The molecule has 0 bridgehead atoms. The molecule has 0 saturated carbocycles. The van der Waals surface area contributed by atoms with Gasteiger partial charge in [-0.1, -0.05) is 0 Å². The fraction of sp³-hybridized carbons (Fsp3) is 0.909. The third kappa shape index (κ3) is 2.49. The summed E-state index contributed by atoms with van der Waals surface area (Å²) in [4.78, 5) is 13.6. The number of rotatable bonds is 2. The molecule has 4 nitrogen and oxygen atoms in total. The lowest BCUT2D eigenvalue weighted by molar-refractivity contribution is -0.159. The van der Waals surface area contributed by atoms with E-state index < -0.39 is 11.5 Å². The summed E-state index contributed by atoms with van der Waals surface area (Å²) in [6.45, 7) is 4.62. The number of aliphatic hydroxyl groups is 1. The number of ether oxygens (including phenoxy) is 1. The Hall–Kier alpha value is -0.610. The van der Waals surface area contributed by atoms with Gasteiger partial charge in [0, 0.05) is 12.6 Å². The molecule has 0 radical (unpaired) electrons. The third-order valence-electron chi connectivity index (χ3n) is 3.66. The number of esters is 1. The largest absolute Gasteiger partial charge is 0.469 e. The Kier molecular flexibility index (Phi) is 3.73. The minimum atomic E-state index is -0.904.